The monoisotopic (exact) mass is 716 g/mol. The molecule has 9 heteroatoms. The van der Waals surface area contributed by atoms with Gasteiger partial charge in [-0.05, 0) is 53.6 Å². The van der Waals surface area contributed by atoms with E-state index < -0.39 is 0 Å². The van der Waals surface area contributed by atoms with Crippen LogP contribution in [0.1, 0.15) is 25.0 Å². The van der Waals surface area contributed by atoms with Crippen LogP contribution < -0.4 is 19.6 Å². The Hall–Kier alpha value is -5.54. The van der Waals surface area contributed by atoms with Crippen molar-refractivity contribution in [1.82, 2.24) is 19.9 Å². The van der Waals surface area contributed by atoms with E-state index in [2.05, 4.69) is 159 Å². The largest absolute Gasteiger partial charge is 0.302 e. The van der Waals surface area contributed by atoms with Crippen molar-refractivity contribution >= 4 is 68.0 Å². The molecule has 1 aliphatic carbocycles. The van der Waals surface area contributed by atoms with Crippen molar-refractivity contribution in [2.45, 2.75) is 31.6 Å². The molecule has 5 heterocycles. The van der Waals surface area contributed by atoms with Gasteiger partial charge >= 0.3 is 0 Å². The molecule has 0 spiro atoms. The second kappa shape index (κ2) is 10.5. The van der Waals surface area contributed by atoms with Crippen molar-refractivity contribution in [1.29, 1.82) is 0 Å². The zero-order chi connectivity index (χ0) is 33.8. The molecule has 4 aromatic carbocycles. The number of para-hydroxylation sites is 3. The molecule has 10 rings (SSSR count). The van der Waals surface area contributed by atoms with Crippen LogP contribution in [0.4, 0.5) is 46.0 Å². The van der Waals surface area contributed by atoms with Crippen LogP contribution in [-0.2, 0) is 5.41 Å². The van der Waals surface area contributed by atoms with Gasteiger partial charge in [0.25, 0.3) is 0 Å². The number of aromatic nitrogens is 4. The molecule has 0 saturated heterocycles. The minimum absolute atomic E-state index is 0.0690. The van der Waals surface area contributed by atoms with Crippen LogP contribution >= 0.6 is 15.9 Å². The summed E-state index contributed by atoms with van der Waals surface area (Å²) >= 11 is 3.80. The highest BCUT2D eigenvalue weighted by atomic mass is 79.9. The van der Waals surface area contributed by atoms with Crippen molar-refractivity contribution in [2.75, 3.05) is 19.6 Å². The molecule has 8 nitrogen and oxygen atoms in total. The Bertz CT molecular complexity index is 2320. The van der Waals surface area contributed by atoms with Crippen molar-refractivity contribution in [2.24, 2.45) is 11.3 Å². The van der Waals surface area contributed by atoms with E-state index in [1.807, 2.05) is 6.08 Å². The van der Waals surface area contributed by atoms with Gasteiger partial charge in [-0.25, -0.2) is 19.9 Å². The van der Waals surface area contributed by atoms with Gasteiger partial charge in [0.05, 0.1) is 5.69 Å². The molecule has 5 unspecified atom stereocenters. The summed E-state index contributed by atoms with van der Waals surface area (Å²) in [7, 11) is 0. The Morgan fingerprint density at radius 3 is 1.80 bits per heavy atom. The predicted molar refractivity (Wildman–Crippen MR) is 203 cm³/mol. The Morgan fingerprint density at radius 1 is 0.620 bits per heavy atom. The molecule has 244 valence electrons. The van der Waals surface area contributed by atoms with Crippen molar-refractivity contribution in [3.05, 3.63) is 150 Å². The van der Waals surface area contributed by atoms with E-state index in [1.165, 1.54) is 11.3 Å². The van der Waals surface area contributed by atoms with Crippen LogP contribution in [-0.4, -0.2) is 32.3 Å². The van der Waals surface area contributed by atoms with Gasteiger partial charge in [-0.15, -0.1) is 0 Å². The summed E-state index contributed by atoms with van der Waals surface area (Å²) < 4.78 is 0.987. The first-order chi connectivity index (χ1) is 24.5. The molecule has 1 saturated carbocycles. The number of hydrogen-bond acceptors (Lipinski definition) is 8. The maximum absolute atomic E-state index is 5.06. The molecule has 3 aliphatic heterocycles. The molecule has 50 heavy (non-hydrogen) atoms. The van der Waals surface area contributed by atoms with Crippen molar-refractivity contribution in [3.8, 4) is 0 Å². The van der Waals surface area contributed by atoms with E-state index in [1.54, 1.807) is 24.8 Å². The van der Waals surface area contributed by atoms with Crippen LogP contribution in [0.2, 0.25) is 0 Å². The van der Waals surface area contributed by atoms with Gasteiger partial charge in [0.1, 0.15) is 12.3 Å². The van der Waals surface area contributed by atoms with Gasteiger partial charge in [0.2, 0.25) is 0 Å². The van der Waals surface area contributed by atoms with Crippen LogP contribution in [0.25, 0.3) is 6.08 Å². The lowest BCUT2D eigenvalue weighted by Gasteiger charge is -2.44. The Labute approximate surface area is 299 Å². The van der Waals surface area contributed by atoms with Crippen LogP contribution in [0.15, 0.2) is 139 Å². The average molecular weight is 718 g/mol. The summed E-state index contributed by atoms with van der Waals surface area (Å²) in [4.78, 5) is 29.8. The first-order valence-corrected chi connectivity index (χ1v) is 17.7. The second-order valence-corrected chi connectivity index (χ2v) is 14.6. The second-order valence-electron chi connectivity index (χ2n) is 13.7. The van der Waals surface area contributed by atoms with Gasteiger partial charge in [0.15, 0.2) is 23.3 Å². The number of rotatable bonds is 5. The lowest BCUT2D eigenvalue weighted by atomic mass is 9.81. The van der Waals surface area contributed by atoms with E-state index in [-0.39, 0.29) is 29.1 Å². The maximum Gasteiger partial charge on any atom is 0.178 e. The third-order valence-corrected chi connectivity index (χ3v) is 12.1. The molecular weight excluding hydrogens is 684 g/mol. The molecule has 5 atom stereocenters. The van der Waals surface area contributed by atoms with E-state index in [9.17, 15) is 0 Å². The number of nitrogens with zero attached hydrogens (tertiary/aromatic N) is 8. The van der Waals surface area contributed by atoms with Crippen LogP contribution in [0, 0.1) is 11.3 Å². The quantitative estimate of drug-likeness (QED) is 0.175. The van der Waals surface area contributed by atoms with Gasteiger partial charge in [0, 0.05) is 63.1 Å². The summed E-state index contributed by atoms with van der Waals surface area (Å²) in [6.07, 6.45) is 8.83. The van der Waals surface area contributed by atoms with E-state index in [4.69, 9.17) is 19.9 Å². The fourth-order valence-corrected chi connectivity index (χ4v) is 9.82. The lowest BCUT2D eigenvalue weighted by molar-refractivity contribution is 0.350. The van der Waals surface area contributed by atoms with Crippen molar-refractivity contribution in [3.63, 3.8) is 0 Å². The first kappa shape index (κ1) is 29.4. The Kier molecular flexibility index (Phi) is 6.16. The van der Waals surface area contributed by atoms with Crippen LogP contribution in [0.3, 0.4) is 0 Å². The van der Waals surface area contributed by atoms with Gasteiger partial charge in [-0.3, -0.25) is 0 Å². The zero-order valence-corrected chi connectivity index (χ0v) is 29.2. The first-order valence-electron chi connectivity index (χ1n) is 16.9. The number of hydrogen-bond donors (Lipinski definition) is 0. The zero-order valence-electron chi connectivity index (χ0n) is 27.6. The fraction of sp³-hybridized carbons (Fsp3) is 0.171. The third-order valence-electron chi connectivity index (χ3n) is 11.7. The Morgan fingerprint density at radius 2 is 1.16 bits per heavy atom. The summed E-state index contributed by atoms with van der Waals surface area (Å²) in [5, 5.41) is 0. The Balaban J connectivity index is 1.26. The summed E-state index contributed by atoms with van der Waals surface area (Å²) in [5.41, 5.74) is 6.08. The summed E-state index contributed by atoms with van der Waals surface area (Å²) in [6, 6.07) is 36.5. The minimum Gasteiger partial charge on any atom is -0.302 e. The molecule has 1 fully saturated rings. The molecule has 4 aliphatic rings. The number of halogens is 1. The topological polar surface area (TPSA) is 64.5 Å². The molecule has 6 aromatic rings. The third kappa shape index (κ3) is 3.65. The van der Waals surface area contributed by atoms with E-state index in [0.29, 0.717) is 0 Å². The van der Waals surface area contributed by atoms with E-state index in [0.717, 1.165) is 50.4 Å². The molecule has 0 N–H and O–H groups in total. The van der Waals surface area contributed by atoms with Gasteiger partial charge in [-0.2, -0.15) is 0 Å². The molecule has 0 bridgehead atoms. The highest BCUT2D eigenvalue weighted by Crippen LogP contribution is 2.80. The summed E-state index contributed by atoms with van der Waals surface area (Å²) in [6.45, 7) is 9.16. The molecule has 0 amide bonds. The fourth-order valence-electron chi connectivity index (χ4n) is 9.48. The standard InChI is InChI=1S/C41H33BrN8/c1-4-26-19-20-27(42)25-32(26)49-36-34(43-21-23-45-36)47(28-13-7-5-8-14-28)38(49)33-40(2)30-17-11-12-18-31(30)50-37-35(44-22-24-46-37)48(39(50)41(33,40)3)29-15-9-6-10-16-29/h4-25,33,38-39H,1H2,2-3H3. The smallest absolute Gasteiger partial charge is 0.178 e. The van der Waals surface area contributed by atoms with E-state index >= 15 is 0 Å². The SMILES string of the molecule is C=Cc1ccc(Br)cc1N1c2nccnc2N(c2ccccc2)C1C1C2(C)c3ccccc3N3c4nccnc4N(c4ccccc4)C3C12C. The van der Waals surface area contributed by atoms with Crippen molar-refractivity contribution < 1.29 is 0 Å². The maximum atomic E-state index is 5.06. The molecule has 0 radical (unpaired) electrons. The van der Waals surface area contributed by atoms with Gasteiger partial charge in [-0.1, -0.05) is 103 Å². The van der Waals surface area contributed by atoms with Gasteiger partial charge < -0.3 is 19.6 Å². The molecular formula is C41H33BrN8. The number of fused-ring (bicyclic) bond motifs is 9. The number of anilines is 8. The average Bonchev–Trinajstić information content (AvgIpc) is 3.39. The lowest BCUT2D eigenvalue weighted by Crippen LogP contribution is -2.51. The molecule has 2 aromatic heterocycles. The predicted octanol–water partition coefficient (Wildman–Crippen LogP) is 9.51. The summed E-state index contributed by atoms with van der Waals surface area (Å²) in [5.74, 6) is 3.46. The van der Waals surface area contributed by atoms with Crippen LogP contribution in [0.5, 0.6) is 0 Å². The normalized spacial score (nSPS) is 25.4. The highest BCUT2D eigenvalue weighted by Gasteiger charge is 2.83. The highest BCUT2D eigenvalue weighted by molar-refractivity contribution is 9.10. The minimum atomic E-state index is -0.322. The number of benzene rings is 4.